The van der Waals surface area contributed by atoms with E-state index in [1.165, 1.54) is 38.5 Å². The molecule has 0 aliphatic heterocycles. The average molecular weight is 462 g/mol. The van der Waals surface area contributed by atoms with Gasteiger partial charge in [0, 0.05) is 17.4 Å². The molecule has 4 bridgehead atoms. The average Bonchev–Trinajstić information content (AvgIpc) is 3.26. The van der Waals surface area contributed by atoms with Crippen LogP contribution >= 0.6 is 11.8 Å². The molecule has 4 aliphatic rings. The van der Waals surface area contributed by atoms with Crippen LogP contribution < -0.4 is 9.47 Å². The topological polar surface area (TPSA) is 49.2 Å². The minimum absolute atomic E-state index is 0.487. The summed E-state index contributed by atoms with van der Waals surface area (Å²) in [6.45, 7) is 0. The predicted octanol–water partition coefficient (Wildman–Crippen LogP) is 6.26. The fourth-order valence-corrected chi connectivity index (χ4v) is 8.23. The van der Waals surface area contributed by atoms with Gasteiger partial charge in [-0.15, -0.1) is 10.2 Å². The Bertz CT molecular complexity index is 1110. The molecule has 2 aromatic carbocycles. The molecule has 0 atom stereocenters. The second-order valence-electron chi connectivity index (χ2n) is 10.3. The molecule has 6 heteroatoms. The first-order valence-corrected chi connectivity index (χ1v) is 13.0. The number of thioether (sulfide) groups is 1. The lowest BCUT2D eigenvalue weighted by Crippen LogP contribution is -2.47. The molecule has 33 heavy (non-hydrogen) atoms. The number of benzene rings is 2. The fourth-order valence-electron chi connectivity index (χ4n) is 7.02. The van der Waals surface area contributed by atoms with Gasteiger partial charge in [-0.1, -0.05) is 42.1 Å². The van der Waals surface area contributed by atoms with Crippen LogP contribution in [0.1, 0.15) is 38.5 Å². The number of rotatable bonds is 7. The highest BCUT2D eigenvalue weighted by Crippen LogP contribution is 2.61. The lowest BCUT2D eigenvalue weighted by atomic mass is 9.50. The Labute approximate surface area is 199 Å². The molecular formula is C27H31N3O2S. The number of hydrogen-bond acceptors (Lipinski definition) is 5. The van der Waals surface area contributed by atoms with Crippen LogP contribution in [0.2, 0.25) is 0 Å². The van der Waals surface area contributed by atoms with Gasteiger partial charge in [-0.25, -0.2) is 0 Å². The lowest BCUT2D eigenvalue weighted by Gasteiger charge is -2.56. The highest BCUT2D eigenvalue weighted by molar-refractivity contribution is 7.99. The molecule has 5 nitrogen and oxygen atoms in total. The second-order valence-corrected chi connectivity index (χ2v) is 11.2. The Kier molecular flexibility index (Phi) is 5.36. The number of hydrogen-bond donors (Lipinski definition) is 0. The van der Waals surface area contributed by atoms with Gasteiger partial charge in [-0.2, -0.15) is 0 Å². The first kappa shape index (κ1) is 21.1. The van der Waals surface area contributed by atoms with Crippen molar-refractivity contribution < 1.29 is 9.47 Å². The summed E-state index contributed by atoms with van der Waals surface area (Å²) in [7, 11) is 3.34. The van der Waals surface area contributed by atoms with Crippen molar-refractivity contribution in [3.63, 3.8) is 0 Å². The van der Waals surface area contributed by atoms with Gasteiger partial charge >= 0.3 is 0 Å². The van der Waals surface area contributed by atoms with Crippen LogP contribution in [0.5, 0.6) is 11.5 Å². The van der Waals surface area contributed by atoms with Crippen molar-refractivity contribution in [2.24, 2.45) is 23.2 Å². The van der Waals surface area contributed by atoms with Crippen LogP contribution in [-0.4, -0.2) is 34.7 Å². The molecule has 3 aromatic rings. The molecule has 4 fully saturated rings. The molecule has 0 unspecified atom stereocenters. The quantitative estimate of drug-likeness (QED) is 0.389. The van der Waals surface area contributed by atoms with Gasteiger partial charge in [0.2, 0.25) is 0 Å². The van der Waals surface area contributed by atoms with Crippen LogP contribution in [0.15, 0.2) is 53.7 Å². The van der Waals surface area contributed by atoms with Crippen molar-refractivity contribution in [2.75, 3.05) is 20.0 Å². The highest BCUT2D eigenvalue weighted by atomic mass is 32.2. The Morgan fingerprint density at radius 2 is 1.55 bits per heavy atom. The summed E-state index contributed by atoms with van der Waals surface area (Å²) < 4.78 is 13.3. The summed E-state index contributed by atoms with van der Waals surface area (Å²) >= 11 is 1.89. The summed E-state index contributed by atoms with van der Waals surface area (Å²) in [5.41, 5.74) is 2.53. The van der Waals surface area contributed by atoms with Gasteiger partial charge in [0.25, 0.3) is 0 Å². The minimum Gasteiger partial charge on any atom is -0.493 e. The Hall–Kier alpha value is -2.47. The van der Waals surface area contributed by atoms with E-state index in [4.69, 9.17) is 9.47 Å². The van der Waals surface area contributed by atoms with E-state index in [9.17, 15) is 0 Å². The van der Waals surface area contributed by atoms with Gasteiger partial charge in [-0.3, -0.25) is 4.57 Å². The zero-order valence-electron chi connectivity index (χ0n) is 19.4. The van der Waals surface area contributed by atoms with Crippen LogP contribution in [-0.2, 0) is 0 Å². The van der Waals surface area contributed by atoms with E-state index >= 15 is 0 Å². The van der Waals surface area contributed by atoms with Crippen molar-refractivity contribution in [1.29, 1.82) is 0 Å². The monoisotopic (exact) mass is 461 g/mol. The standard InChI is InChI=1S/C27H31N3O2S/c1-31-23-9-8-22(13-24(23)32-2)30-25(21-6-4-3-5-7-21)28-29-26(30)33-17-27-14-18-10-19(15-27)12-20(11-18)16-27/h3-9,13,18-20H,10-12,14-17H2,1-2H3. The third-order valence-electron chi connectivity index (χ3n) is 7.96. The van der Waals surface area contributed by atoms with E-state index in [1.54, 1.807) is 14.2 Å². The molecule has 4 aliphatic carbocycles. The van der Waals surface area contributed by atoms with E-state index < -0.39 is 0 Å². The highest BCUT2D eigenvalue weighted by Gasteiger charge is 2.50. The zero-order valence-corrected chi connectivity index (χ0v) is 20.2. The van der Waals surface area contributed by atoms with Gasteiger partial charge in [0.15, 0.2) is 22.5 Å². The van der Waals surface area contributed by atoms with Crippen LogP contribution in [0, 0.1) is 23.2 Å². The molecule has 172 valence electrons. The number of methoxy groups -OCH3 is 2. The molecular weight excluding hydrogens is 430 g/mol. The van der Waals surface area contributed by atoms with E-state index in [2.05, 4.69) is 33.0 Å². The number of aromatic nitrogens is 3. The molecule has 4 saturated carbocycles. The maximum absolute atomic E-state index is 5.60. The predicted molar refractivity (Wildman–Crippen MR) is 131 cm³/mol. The maximum atomic E-state index is 5.60. The number of ether oxygens (including phenoxy) is 2. The smallest absolute Gasteiger partial charge is 0.196 e. The van der Waals surface area contributed by atoms with Gasteiger partial charge in [0.1, 0.15) is 0 Å². The number of nitrogens with zero attached hydrogens (tertiary/aromatic N) is 3. The fraction of sp³-hybridized carbons (Fsp3) is 0.481. The van der Waals surface area contributed by atoms with E-state index in [-0.39, 0.29) is 0 Å². The third kappa shape index (κ3) is 3.82. The summed E-state index contributed by atoms with van der Waals surface area (Å²) in [4.78, 5) is 0. The van der Waals surface area contributed by atoms with Gasteiger partial charge in [-0.05, 0) is 73.8 Å². The van der Waals surface area contributed by atoms with Crippen molar-refractivity contribution in [1.82, 2.24) is 14.8 Å². The zero-order chi connectivity index (χ0) is 22.4. The molecule has 7 rings (SSSR count). The second kappa shape index (κ2) is 8.39. The van der Waals surface area contributed by atoms with Crippen molar-refractivity contribution in [2.45, 2.75) is 43.7 Å². The first-order chi connectivity index (χ1) is 16.2. The van der Waals surface area contributed by atoms with E-state index in [0.717, 1.165) is 51.5 Å². The third-order valence-corrected chi connectivity index (χ3v) is 9.24. The molecule has 1 heterocycles. The lowest BCUT2D eigenvalue weighted by molar-refractivity contribution is -0.0381. The van der Waals surface area contributed by atoms with Gasteiger partial charge < -0.3 is 9.47 Å². The molecule has 0 spiro atoms. The summed E-state index contributed by atoms with van der Waals surface area (Å²) in [5, 5.41) is 10.3. The SMILES string of the molecule is COc1ccc(-n2c(SCC34CC5CC(CC(C5)C3)C4)nnc2-c2ccccc2)cc1OC. The van der Waals surface area contributed by atoms with Crippen LogP contribution in [0.25, 0.3) is 17.1 Å². The largest absolute Gasteiger partial charge is 0.493 e. The Morgan fingerprint density at radius 3 is 2.18 bits per heavy atom. The summed E-state index contributed by atoms with van der Waals surface area (Å²) in [5.74, 6) is 6.30. The van der Waals surface area contributed by atoms with E-state index in [0.29, 0.717) is 11.2 Å². The molecule has 0 radical (unpaired) electrons. The van der Waals surface area contributed by atoms with Crippen molar-refractivity contribution in [3.8, 4) is 28.6 Å². The maximum Gasteiger partial charge on any atom is 0.196 e. The van der Waals surface area contributed by atoms with E-state index in [1.807, 2.05) is 42.1 Å². The molecule has 0 N–H and O–H groups in total. The minimum atomic E-state index is 0.487. The Balaban J connectivity index is 1.36. The first-order valence-electron chi connectivity index (χ1n) is 12.0. The Morgan fingerprint density at radius 1 is 0.879 bits per heavy atom. The molecule has 0 saturated heterocycles. The molecule has 0 amide bonds. The van der Waals surface area contributed by atoms with Crippen LogP contribution in [0.3, 0.4) is 0 Å². The molecule has 1 aromatic heterocycles. The van der Waals surface area contributed by atoms with Gasteiger partial charge in [0.05, 0.1) is 19.9 Å². The normalized spacial score (nSPS) is 27.6. The van der Waals surface area contributed by atoms with Crippen molar-refractivity contribution >= 4 is 11.8 Å². The summed E-state index contributed by atoms with van der Waals surface area (Å²) in [6.07, 6.45) is 8.64. The van der Waals surface area contributed by atoms with Crippen molar-refractivity contribution in [3.05, 3.63) is 48.5 Å². The summed E-state index contributed by atoms with van der Waals surface area (Å²) in [6, 6.07) is 16.3. The van der Waals surface area contributed by atoms with Crippen LogP contribution in [0.4, 0.5) is 0 Å².